The van der Waals surface area contributed by atoms with E-state index in [9.17, 15) is 32.9 Å². The molecule has 0 aliphatic rings. The fourth-order valence-electron chi connectivity index (χ4n) is 2.58. The van der Waals surface area contributed by atoms with Gasteiger partial charge >= 0.3 is 5.97 Å². The van der Waals surface area contributed by atoms with Crippen LogP contribution in [-0.2, 0) is 19.6 Å². The van der Waals surface area contributed by atoms with Crippen molar-refractivity contribution in [1.82, 2.24) is 5.32 Å². The Morgan fingerprint density at radius 2 is 1.66 bits per heavy atom. The molecule has 0 aliphatic heterocycles. The molecule has 0 saturated carbocycles. The number of anilines is 1. The first-order chi connectivity index (χ1) is 14.9. The van der Waals surface area contributed by atoms with E-state index in [0.29, 0.717) is 0 Å². The van der Waals surface area contributed by atoms with Gasteiger partial charge in [0.1, 0.15) is 6.04 Å². The number of esters is 1. The van der Waals surface area contributed by atoms with E-state index in [-0.39, 0.29) is 22.5 Å². The van der Waals surface area contributed by atoms with Crippen LogP contribution in [0.2, 0.25) is 0 Å². The Morgan fingerprint density at radius 1 is 1.03 bits per heavy atom. The highest BCUT2D eigenvalue weighted by molar-refractivity contribution is 7.92. The fourth-order valence-corrected chi connectivity index (χ4v) is 3.14. The molecule has 0 saturated heterocycles. The smallest absolute Gasteiger partial charge is 0.329 e. The molecule has 2 atom stereocenters. The largest absolute Gasteiger partial charge is 0.453 e. The summed E-state index contributed by atoms with van der Waals surface area (Å²) in [7, 11) is -3.46. The number of nitro benzene ring substituents is 1. The number of non-ortho nitro benzene ring substituents is 1. The molecular formula is C20H21N3O8S. The quantitative estimate of drug-likeness (QED) is 0.247. The van der Waals surface area contributed by atoms with Gasteiger partial charge in [-0.1, -0.05) is 6.07 Å². The fraction of sp³-hybridized carbons (Fsp3) is 0.250. The number of nitrogens with one attached hydrogen (secondary N) is 2. The summed E-state index contributed by atoms with van der Waals surface area (Å²) in [5, 5.41) is 13.2. The predicted molar refractivity (Wildman–Crippen MR) is 115 cm³/mol. The highest BCUT2D eigenvalue weighted by Crippen LogP contribution is 2.15. The molecule has 0 spiro atoms. The van der Waals surface area contributed by atoms with E-state index in [1.807, 2.05) is 0 Å². The summed E-state index contributed by atoms with van der Waals surface area (Å²) in [6.45, 7) is 2.71. The van der Waals surface area contributed by atoms with Crippen LogP contribution in [0.15, 0.2) is 48.5 Å². The minimum absolute atomic E-state index is 0.00855. The van der Waals surface area contributed by atoms with Crippen LogP contribution in [0.25, 0.3) is 0 Å². The van der Waals surface area contributed by atoms with Gasteiger partial charge in [-0.25, -0.2) is 13.2 Å². The Bertz CT molecular complexity index is 1150. The Balaban J connectivity index is 1.97. The summed E-state index contributed by atoms with van der Waals surface area (Å²) < 4.78 is 29.8. The first-order valence-corrected chi connectivity index (χ1v) is 11.1. The minimum atomic E-state index is -3.46. The van der Waals surface area contributed by atoms with E-state index >= 15 is 0 Å². The topological polar surface area (TPSA) is 162 Å². The van der Waals surface area contributed by atoms with E-state index < -0.39 is 44.8 Å². The Labute approximate surface area is 184 Å². The molecule has 2 N–H and O–H groups in total. The molecule has 2 aromatic rings. The normalized spacial score (nSPS) is 12.8. The van der Waals surface area contributed by atoms with Gasteiger partial charge in [0.15, 0.2) is 6.10 Å². The maximum absolute atomic E-state index is 12.5. The summed E-state index contributed by atoms with van der Waals surface area (Å²) >= 11 is 0. The zero-order valence-electron chi connectivity index (χ0n) is 17.4. The molecule has 32 heavy (non-hydrogen) atoms. The number of carbonyl (C=O) groups excluding carboxylic acids is 3. The second-order valence-corrected chi connectivity index (χ2v) is 8.65. The van der Waals surface area contributed by atoms with Crippen molar-refractivity contribution in [3.63, 3.8) is 0 Å². The third-order valence-corrected chi connectivity index (χ3v) is 4.76. The molecule has 1 amide bonds. The van der Waals surface area contributed by atoms with Crippen LogP contribution in [0.4, 0.5) is 11.4 Å². The molecule has 0 aromatic heterocycles. The molecule has 0 fully saturated rings. The number of nitro groups is 1. The maximum atomic E-state index is 12.5. The lowest BCUT2D eigenvalue weighted by Gasteiger charge is -2.17. The molecule has 2 rings (SSSR count). The van der Waals surface area contributed by atoms with Crippen LogP contribution in [-0.4, -0.2) is 49.4 Å². The zero-order chi connectivity index (χ0) is 24.1. The Hall–Kier alpha value is -3.80. The van der Waals surface area contributed by atoms with E-state index in [0.717, 1.165) is 12.3 Å². The van der Waals surface area contributed by atoms with Crippen LogP contribution >= 0.6 is 0 Å². The van der Waals surface area contributed by atoms with Crippen LogP contribution in [0, 0.1) is 10.1 Å². The third-order valence-electron chi connectivity index (χ3n) is 4.16. The predicted octanol–water partition coefficient (Wildman–Crippen LogP) is 1.90. The number of hydrogen-bond donors (Lipinski definition) is 2. The number of Topliss-reactive ketones (excluding diaryl/α,β-unsaturated/α-hetero) is 1. The van der Waals surface area contributed by atoms with Crippen molar-refractivity contribution in [2.75, 3.05) is 11.0 Å². The van der Waals surface area contributed by atoms with E-state index in [1.54, 1.807) is 0 Å². The van der Waals surface area contributed by atoms with Crippen LogP contribution in [0.5, 0.6) is 0 Å². The Kier molecular flexibility index (Phi) is 7.65. The number of hydrogen-bond acceptors (Lipinski definition) is 8. The highest BCUT2D eigenvalue weighted by atomic mass is 32.2. The zero-order valence-corrected chi connectivity index (χ0v) is 18.2. The molecule has 12 heteroatoms. The number of amides is 1. The third kappa shape index (κ3) is 6.87. The van der Waals surface area contributed by atoms with Gasteiger partial charge in [-0.3, -0.25) is 24.4 Å². The second-order valence-electron chi connectivity index (χ2n) is 6.90. The molecule has 11 nitrogen and oxygen atoms in total. The van der Waals surface area contributed by atoms with Crippen molar-refractivity contribution < 1.29 is 32.5 Å². The highest BCUT2D eigenvalue weighted by Gasteiger charge is 2.25. The first-order valence-electron chi connectivity index (χ1n) is 9.25. The average molecular weight is 463 g/mol. The van der Waals surface area contributed by atoms with Crippen molar-refractivity contribution in [3.05, 3.63) is 69.8 Å². The number of benzene rings is 2. The van der Waals surface area contributed by atoms with Gasteiger partial charge < -0.3 is 10.1 Å². The van der Waals surface area contributed by atoms with Crippen molar-refractivity contribution in [2.24, 2.45) is 0 Å². The average Bonchev–Trinajstić information content (AvgIpc) is 2.72. The number of nitrogens with zero attached hydrogens (tertiary/aromatic N) is 1. The van der Waals surface area contributed by atoms with Crippen LogP contribution in [0.3, 0.4) is 0 Å². The second kappa shape index (κ2) is 10.0. The van der Waals surface area contributed by atoms with E-state index in [1.165, 1.54) is 56.3 Å². The number of rotatable bonds is 9. The van der Waals surface area contributed by atoms with Crippen molar-refractivity contribution >= 4 is 39.1 Å². The maximum Gasteiger partial charge on any atom is 0.329 e. The lowest BCUT2D eigenvalue weighted by molar-refractivity contribution is -0.384. The summed E-state index contributed by atoms with van der Waals surface area (Å²) in [6.07, 6.45) is -0.180. The lowest BCUT2D eigenvalue weighted by Crippen LogP contribution is -2.41. The summed E-state index contributed by atoms with van der Waals surface area (Å²) in [5.41, 5.74) is 0.180. The summed E-state index contributed by atoms with van der Waals surface area (Å²) in [6, 6.07) is 9.42. The lowest BCUT2D eigenvalue weighted by atomic mass is 10.1. The SMILES string of the molecule is CC(OC(=O)[C@H](C)NC(=O)c1cccc([N+](=O)[O-])c1)C(=O)c1ccc(NS(C)(=O)=O)cc1. The molecular weight excluding hydrogens is 442 g/mol. The number of carbonyl (C=O) groups is 3. The summed E-state index contributed by atoms with van der Waals surface area (Å²) in [4.78, 5) is 47.2. The molecule has 2 aromatic carbocycles. The van der Waals surface area contributed by atoms with Gasteiger partial charge in [-0.15, -0.1) is 0 Å². The van der Waals surface area contributed by atoms with Gasteiger partial charge in [-0.2, -0.15) is 0 Å². The van der Waals surface area contributed by atoms with Crippen LogP contribution in [0.1, 0.15) is 34.6 Å². The number of sulfonamides is 1. The van der Waals surface area contributed by atoms with Gasteiger partial charge in [0.2, 0.25) is 15.8 Å². The van der Waals surface area contributed by atoms with Gasteiger partial charge in [0.05, 0.1) is 11.2 Å². The molecule has 0 bridgehead atoms. The summed E-state index contributed by atoms with van der Waals surface area (Å²) in [5.74, 6) is -2.12. The molecule has 170 valence electrons. The van der Waals surface area contributed by atoms with Gasteiger partial charge in [-0.05, 0) is 44.2 Å². The first kappa shape index (κ1) is 24.5. The Morgan fingerprint density at radius 3 is 2.22 bits per heavy atom. The molecule has 0 heterocycles. The monoisotopic (exact) mass is 463 g/mol. The number of ketones is 1. The number of ether oxygens (including phenoxy) is 1. The molecule has 1 unspecified atom stereocenters. The van der Waals surface area contributed by atoms with Gasteiger partial charge in [0.25, 0.3) is 11.6 Å². The molecule has 0 aliphatic carbocycles. The van der Waals surface area contributed by atoms with Crippen molar-refractivity contribution in [1.29, 1.82) is 0 Å². The van der Waals surface area contributed by atoms with Crippen molar-refractivity contribution in [2.45, 2.75) is 26.0 Å². The van der Waals surface area contributed by atoms with Crippen LogP contribution < -0.4 is 10.0 Å². The van der Waals surface area contributed by atoms with Crippen molar-refractivity contribution in [3.8, 4) is 0 Å². The minimum Gasteiger partial charge on any atom is -0.453 e. The van der Waals surface area contributed by atoms with E-state index in [4.69, 9.17) is 4.74 Å². The molecule has 0 radical (unpaired) electrons. The van der Waals surface area contributed by atoms with E-state index in [2.05, 4.69) is 10.0 Å². The van der Waals surface area contributed by atoms with Gasteiger partial charge in [0, 0.05) is 28.9 Å². The standard InChI is InChI=1S/C20H21N3O8S/c1-12(21-19(25)15-5-4-6-17(11-15)23(27)28)20(26)31-13(2)18(24)14-7-9-16(10-8-14)22-32(3,29)30/h4-13,22H,1-3H3,(H,21,25)/t12-,13?/m0/s1.